The number of likely N-dealkylation sites (tertiary alicyclic amines) is 1. The molecular weight excluding hydrogens is 272 g/mol. The van der Waals surface area contributed by atoms with Crippen molar-refractivity contribution in [3.8, 4) is 0 Å². The molecule has 1 aliphatic carbocycles. The molecule has 3 nitrogen and oxygen atoms in total. The Bertz CT molecular complexity index is 470. The van der Waals surface area contributed by atoms with Crippen molar-refractivity contribution in [3.05, 3.63) is 34.9 Å². The van der Waals surface area contributed by atoms with Crippen LogP contribution in [0.2, 0.25) is 5.02 Å². The molecule has 1 aliphatic heterocycles. The van der Waals surface area contributed by atoms with E-state index < -0.39 is 0 Å². The van der Waals surface area contributed by atoms with E-state index in [-0.39, 0.29) is 11.9 Å². The minimum atomic E-state index is 0.0569. The number of carbonyl (C=O) groups excluding carboxylic acids is 1. The second-order valence-corrected chi connectivity index (χ2v) is 6.27. The highest BCUT2D eigenvalue weighted by molar-refractivity contribution is 6.30. The highest BCUT2D eigenvalue weighted by Gasteiger charge is 2.32. The molecule has 20 heavy (non-hydrogen) atoms. The largest absolute Gasteiger partial charge is 0.341 e. The van der Waals surface area contributed by atoms with E-state index in [0.717, 1.165) is 37.4 Å². The monoisotopic (exact) mass is 292 g/mol. The van der Waals surface area contributed by atoms with Crippen molar-refractivity contribution in [2.24, 2.45) is 0 Å². The number of hydrogen-bond donors (Lipinski definition) is 1. The summed E-state index contributed by atoms with van der Waals surface area (Å²) in [5.41, 5.74) is 1.24. The van der Waals surface area contributed by atoms with Crippen molar-refractivity contribution in [2.45, 2.75) is 44.2 Å². The molecule has 1 heterocycles. The zero-order valence-electron chi connectivity index (χ0n) is 11.6. The van der Waals surface area contributed by atoms with Crippen LogP contribution < -0.4 is 5.32 Å². The number of carbonyl (C=O) groups is 1. The fourth-order valence-electron chi connectivity index (χ4n) is 2.77. The lowest BCUT2D eigenvalue weighted by atomic mass is 10.0. The Morgan fingerprint density at radius 3 is 2.65 bits per heavy atom. The van der Waals surface area contributed by atoms with Gasteiger partial charge < -0.3 is 10.2 Å². The maximum atomic E-state index is 12.4. The van der Waals surface area contributed by atoms with E-state index in [1.54, 1.807) is 0 Å². The molecular formula is C16H21ClN2O. The minimum absolute atomic E-state index is 0.0569. The summed E-state index contributed by atoms with van der Waals surface area (Å²) in [6.45, 7) is 1.71. The van der Waals surface area contributed by atoms with Crippen molar-refractivity contribution in [3.63, 3.8) is 0 Å². The van der Waals surface area contributed by atoms with Gasteiger partial charge in [0.2, 0.25) is 5.91 Å². The summed E-state index contributed by atoms with van der Waals surface area (Å²) in [5.74, 6) is 0.289. The second-order valence-electron chi connectivity index (χ2n) is 5.84. The second kappa shape index (κ2) is 6.15. The number of benzene rings is 1. The molecule has 4 heteroatoms. The van der Waals surface area contributed by atoms with Gasteiger partial charge in [-0.2, -0.15) is 0 Å². The molecule has 1 saturated carbocycles. The zero-order valence-corrected chi connectivity index (χ0v) is 12.4. The van der Waals surface area contributed by atoms with Crippen LogP contribution in [0.15, 0.2) is 24.3 Å². The fraction of sp³-hybridized carbons (Fsp3) is 0.562. The molecule has 0 spiro atoms. The Balaban J connectivity index is 1.53. The predicted octanol–water partition coefficient (Wildman–Crippen LogP) is 2.63. The molecule has 1 aromatic rings. The molecule has 0 radical (unpaired) electrons. The van der Waals surface area contributed by atoms with Crippen molar-refractivity contribution in [1.82, 2.24) is 10.2 Å². The topological polar surface area (TPSA) is 32.3 Å². The number of amides is 1. The molecule has 2 aliphatic rings. The van der Waals surface area contributed by atoms with E-state index in [0.29, 0.717) is 6.04 Å². The number of piperidine rings is 1. The van der Waals surface area contributed by atoms with E-state index in [1.165, 1.54) is 18.4 Å². The molecule has 1 N–H and O–H groups in total. The molecule has 2 fully saturated rings. The van der Waals surface area contributed by atoms with Gasteiger partial charge >= 0.3 is 0 Å². The van der Waals surface area contributed by atoms with Crippen molar-refractivity contribution >= 4 is 17.5 Å². The fourth-order valence-corrected chi connectivity index (χ4v) is 2.89. The molecule has 1 amide bonds. The number of rotatable bonds is 5. The first-order chi connectivity index (χ1) is 9.72. The molecule has 1 aromatic carbocycles. The van der Waals surface area contributed by atoms with E-state index in [1.807, 2.05) is 29.2 Å². The standard InChI is InChI=1S/C16H21ClN2O/c17-13-5-3-12(4-6-13)9-11-19-10-1-2-15(16(19)20)18-14-7-8-14/h3-6,14-15,18H,1-2,7-11H2. The van der Waals surface area contributed by atoms with Gasteiger partial charge in [-0.1, -0.05) is 23.7 Å². The lowest BCUT2D eigenvalue weighted by Gasteiger charge is -2.33. The summed E-state index contributed by atoms with van der Waals surface area (Å²) < 4.78 is 0. The first-order valence-corrected chi connectivity index (χ1v) is 7.89. The van der Waals surface area contributed by atoms with Crippen LogP contribution in [0.5, 0.6) is 0 Å². The normalized spacial score (nSPS) is 23.1. The summed E-state index contributed by atoms with van der Waals surface area (Å²) >= 11 is 5.88. The van der Waals surface area contributed by atoms with Crippen LogP contribution in [0.1, 0.15) is 31.2 Å². The summed E-state index contributed by atoms with van der Waals surface area (Å²) in [6, 6.07) is 8.55. The zero-order chi connectivity index (χ0) is 13.9. The van der Waals surface area contributed by atoms with Crippen LogP contribution in [0.3, 0.4) is 0 Å². The molecule has 1 saturated heterocycles. The maximum absolute atomic E-state index is 12.4. The molecule has 108 valence electrons. The van der Waals surface area contributed by atoms with Gasteiger partial charge in [-0.05, 0) is 49.8 Å². The van der Waals surface area contributed by atoms with Crippen LogP contribution in [0.4, 0.5) is 0 Å². The summed E-state index contributed by atoms with van der Waals surface area (Å²) in [6.07, 6.45) is 5.46. The summed E-state index contributed by atoms with van der Waals surface area (Å²) in [7, 11) is 0. The summed E-state index contributed by atoms with van der Waals surface area (Å²) in [5, 5.41) is 4.23. The van der Waals surface area contributed by atoms with E-state index in [2.05, 4.69) is 5.32 Å². The number of halogens is 1. The highest BCUT2D eigenvalue weighted by Crippen LogP contribution is 2.22. The van der Waals surface area contributed by atoms with Crippen LogP contribution in [-0.2, 0) is 11.2 Å². The molecule has 1 atom stereocenters. The Morgan fingerprint density at radius 1 is 1.20 bits per heavy atom. The minimum Gasteiger partial charge on any atom is -0.341 e. The van der Waals surface area contributed by atoms with Gasteiger partial charge in [0, 0.05) is 24.2 Å². The molecule has 0 aromatic heterocycles. The van der Waals surface area contributed by atoms with Gasteiger partial charge in [0.1, 0.15) is 0 Å². The van der Waals surface area contributed by atoms with Gasteiger partial charge in [-0.15, -0.1) is 0 Å². The van der Waals surface area contributed by atoms with Gasteiger partial charge in [0.25, 0.3) is 0 Å². The lowest BCUT2D eigenvalue weighted by Crippen LogP contribution is -2.51. The van der Waals surface area contributed by atoms with Gasteiger partial charge in [-0.3, -0.25) is 4.79 Å². The quantitative estimate of drug-likeness (QED) is 0.905. The average molecular weight is 293 g/mol. The van der Waals surface area contributed by atoms with E-state index in [9.17, 15) is 4.79 Å². The smallest absolute Gasteiger partial charge is 0.239 e. The van der Waals surface area contributed by atoms with Crippen LogP contribution in [-0.4, -0.2) is 36.0 Å². The molecule has 3 rings (SSSR count). The lowest BCUT2D eigenvalue weighted by molar-refractivity contribution is -0.136. The molecule has 0 bridgehead atoms. The maximum Gasteiger partial charge on any atom is 0.239 e. The molecule has 1 unspecified atom stereocenters. The van der Waals surface area contributed by atoms with E-state index >= 15 is 0 Å². The third-order valence-corrected chi connectivity index (χ3v) is 4.38. The Kier molecular flexibility index (Phi) is 4.27. The Morgan fingerprint density at radius 2 is 1.95 bits per heavy atom. The first kappa shape index (κ1) is 13.9. The van der Waals surface area contributed by atoms with Gasteiger partial charge in [0.05, 0.1) is 6.04 Å². The van der Waals surface area contributed by atoms with Crippen molar-refractivity contribution in [1.29, 1.82) is 0 Å². The SMILES string of the molecule is O=C1C(NC2CC2)CCCN1CCc1ccc(Cl)cc1. The Labute approximate surface area is 125 Å². The van der Waals surface area contributed by atoms with Crippen molar-refractivity contribution in [2.75, 3.05) is 13.1 Å². The van der Waals surface area contributed by atoms with Crippen LogP contribution in [0, 0.1) is 0 Å². The Hall–Kier alpha value is -1.06. The van der Waals surface area contributed by atoms with Gasteiger partial charge in [-0.25, -0.2) is 0 Å². The number of nitrogens with one attached hydrogen (secondary N) is 1. The third-order valence-electron chi connectivity index (χ3n) is 4.13. The first-order valence-electron chi connectivity index (χ1n) is 7.51. The predicted molar refractivity (Wildman–Crippen MR) is 80.9 cm³/mol. The third kappa shape index (κ3) is 3.53. The number of hydrogen-bond acceptors (Lipinski definition) is 2. The van der Waals surface area contributed by atoms with E-state index in [4.69, 9.17) is 11.6 Å². The van der Waals surface area contributed by atoms with Gasteiger partial charge in [0.15, 0.2) is 0 Å². The average Bonchev–Trinajstić information content (AvgIpc) is 3.26. The number of nitrogens with zero attached hydrogens (tertiary/aromatic N) is 1. The van der Waals surface area contributed by atoms with Crippen LogP contribution in [0.25, 0.3) is 0 Å². The summed E-state index contributed by atoms with van der Waals surface area (Å²) in [4.78, 5) is 14.4. The van der Waals surface area contributed by atoms with Crippen molar-refractivity contribution < 1.29 is 4.79 Å². The highest BCUT2D eigenvalue weighted by atomic mass is 35.5. The van der Waals surface area contributed by atoms with Crippen LogP contribution >= 0.6 is 11.6 Å².